The van der Waals surface area contributed by atoms with Gasteiger partial charge >= 0.3 is 6.03 Å². The molecule has 2 fully saturated rings. The number of piperidine rings is 1. The lowest BCUT2D eigenvalue weighted by molar-refractivity contribution is -0.00603. The molecule has 1 aromatic rings. The van der Waals surface area contributed by atoms with Crippen LogP contribution in [0.15, 0.2) is 30.6 Å². The quantitative estimate of drug-likeness (QED) is 0.781. The monoisotopic (exact) mass is 327 g/mol. The molecule has 0 aliphatic carbocycles. The van der Waals surface area contributed by atoms with Gasteiger partial charge in [-0.05, 0) is 55.9 Å². The minimum atomic E-state index is -0.0194. The molecule has 1 aromatic heterocycles. The van der Waals surface area contributed by atoms with Crippen LogP contribution in [0.2, 0.25) is 0 Å². The number of rotatable bonds is 2. The summed E-state index contributed by atoms with van der Waals surface area (Å²) in [5, 5.41) is 2.98. The number of anilines is 1. The summed E-state index contributed by atoms with van der Waals surface area (Å²) >= 11 is 0. The highest BCUT2D eigenvalue weighted by atomic mass is 16.2. The molecule has 3 N–H and O–H groups in total. The van der Waals surface area contributed by atoms with E-state index in [1.54, 1.807) is 6.20 Å². The molecule has 24 heavy (non-hydrogen) atoms. The van der Waals surface area contributed by atoms with Gasteiger partial charge in [-0.3, -0.25) is 5.32 Å². The van der Waals surface area contributed by atoms with Gasteiger partial charge < -0.3 is 15.8 Å². The van der Waals surface area contributed by atoms with E-state index in [9.17, 15) is 4.79 Å². The zero-order valence-corrected chi connectivity index (χ0v) is 14.0. The summed E-state index contributed by atoms with van der Waals surface area (Å²) in [4.78, 5) is 19.0. The molecular formula is C18H25N5O. The van der Waals surface area contributed by atoms with Gasteiger partial charge in [0.1, 0.15) is 5.82 Å². The first kappa shape index (κ1) is 15.1. The number of hydrogen-bond donors (Lipinski definition) is 3. The van der Waals surface area contributed by atoms with Crippen LogP contribution in [0.25, 0.3) is 5.70 Å². The summed E-state index contributed by atoms with van der Waals surface area (Å²) in [6, 6.07) is 2.71. The molecule has 2 saturated heterocycles. The van der Waals surface area contributed by atoms with Gasteiger partial charge in [0.05, 0.1) is 5.70 Å². The van der Waals surface area contributed by atoms with E-state index >= 15 is 0 Å². The fourth-order valence-corrected chi connectivity index (χ4v) is 4.04. The number of aromatic nitrogens is 1. The maximum atomic E-state index is 12.6. The molecule has 0 saturated carbocycles. The van der Waals surface area contributed by atoms with Crippen molar-refractivity contribution in [1.29, 1.82) is 0 Å². The van der Waals surface area contributed by atoms with E-state index in [0.717, 1.165) is 42.0 Å². The van der Waals surface area contributed by atoms with Gasteiger partial charge in [-0.15, -0.1) is 0 Å². The van der Waals surface area contributed by atoms with E-state index < -0.39 is 0 Å². The summed E-state index contributed by atoms with van der Waals surface area (Å²) in [7, 11) is 0. The van der Waals surface area contributed by atoms with E-state index in [0.29, 0.717) is 17.9 Å². The van der Waals surface area contributed by atoms with Crippen molar-refractivity contribution in [2.24, 2.45) is 5.92 Å². The van der Waals surface area contributed by atoms with Gasteiger partial charge in [-0.1, -0.05) is 6.92 Å². The Morgan fingerprint density at radius 1 is 1.38 bits per heavy atom. The smallest absolute Gasteiger partial charge is 0.318 e. The van der Waals surface area contributed by atoms with E-state index in [1.807, 2.05) is 36.2 Å². The SMILES string of the molecule is Cc1cnc(NC(=O)N2C3CC(C)CC2C3)cc1C1=CC=CNN1.[HH]. The van der Waals surface area contributed by atoms with Crippen molar-refractivity contribution in [3.05, 3.63) is 41.7 Å². The first-order valence-electron chi connectivity index (χ1n) is 8.56. The highest BCUT2D eigenvalue weighted by molar-refractivity contribution is 5.90. The van der Waals surface area contributed by atoms with Gasteiger partial charge in [0, 0.05) is 31.5 Å². The molecule has 4 heterocycles. The number of allylic oxidation sites excluding steroid dienone is 2. The van der Waals surface area contributed by atoms with Gasteiger partial charge in [0.15, 0.2) is 0 Å². The van der Waals surface area contributed by atoms with Crippen LogP contribution in [-0.2, 0) is 0 Å². The lowest BCUT2D eigenvalue weighted by Gasteiger charge is -2.54. The number of hydrogen-bond acceptors (Lipinski definition) is 4. The molecule has 2 amide bonds. The molecule has 6 nitrogen and oxygen atoms in total. The first-order valence-corrected chi connectivity index (χ1v) is 8.56. The molecule has 0 aromatic carbocycles. The van der Waals surface area contributed by atoms with Crippen LogP contribution in [0.1, 0.15) is 38.7 Å². The van der Waals surface area contributed by atoms with Crippen molar-refractivity contribution in [2.45, 2.75) is 45.2 Å². The average molecular weight is 327 g/mol. The van der Waals surface area contributed by atoms with Gasteiger partial charge in [-0.25, -0.2) is 9.78 Å². The number of carbonyl (C=O) groups excluding carboxylic acids is 1. The van der Waals surface area contributed by atoms with Crippen molar-refractivity contribution in [2.75, 3.05) is 5.32 Å². The minimum Gasteiger partial charge on any atom is -0.318 e. The Morgan fingerprint density at radius 2 is 2.17 bits per heavy atom. The van der Waals surface area contributed by atoms with Crippen LogP contribution >= 0.6 is 0 Å². The third-order valence-electron chi connectivity index (χ3n) is 5.19. The highest BCUT2D eigenvalue weighted by Gasteiger charge is 2.46. The second-order valence-electron chi connectivity index (χ2n) is 7.05. The molecule has 2 atom stereocenters. The molecule has 2 bridgehead atoms. The summed E-state index contributed by atoms with van der Waals surface area (Å²) in [5.74, 6) is 1.32. The largest absolute Gasteiger partial charge is 0.323 e. The predicted molar refractivity (Wildman–Crippen MR) is 95.9 cm³/mol. The molecule has 128 valence electrons. The van der Waals surface area contributed by atoms with Crippen LogP contribution in [0.3, 0.4) is 0 Å². The van der Waals surface area contributed by atoms with E-state index in [-0.39, 0.29) is 7.46 Å². The van der Waals surface area contributed by atoms with E-state index in [2.05, 4.69) is 28.1 Å². The third-order valence-corrected chi connectivity index (χ3v) is 5.19. The maximum Gasteiger partial charge on any atom is 0.323 e. The van der Waals surface area contributed by atoms with Gasteiger partial charge in [0.25, 0.3) is 0 Å². The van der Waals surface area contributed by atoms with Crippen molar-refractivity contribution in [3.63, 3.8) is 0 Å². The number of pyridine rings is 1. The van der Waals surface area contributed by atoms with Crippen molar-refractivity contribution in [1.82, 2.24) is 20.7 Å². The Bertz CT molecular complexity index is 720. The van der Waals surface area contributed by atoms with Crippen LogP contribution < -0.4 is 16.2 Å². The number of amides is 2. The lowest BCUT2D eigenvalue weighted by Crippen LogP contribution is -2.63. The Balaban J connectivity index is 0.00000182. The number of nitrogens with one attached hydrogen (secondary N) is 3. The number of aryl methyl sites for hydroxylation is 1. The Labute approximate surface area is 143 Å². The fourth-order valence-electron chi connectivity index (χ4n) is 4.04. The Kier molecular flexibility index (Phi) is 3.67. The first-order chi connectivity index (χ1) is 11.6. The fraction of sp³-hybridized carbons (Fsp3) is 0.444. The molecule has 3 aliphatic rings. The normalized spacial score (nSPS) is 27.5. The summed E-state index contributed by atoms with van der Waals surface area (Å²) in [6.45, 7) is 4.28. The Hall–Kier alpha value is -2.50. The average Bonchev–Trinajstić information content (AvgIpc) is 2.57. The second kappa shape index (κ2) is 5.85. The maximum absolute atomic E-state index is 12.6. The van der Waals surface area contributed by atoms with Crippen molar-refractivity contribution in [3.8, 4) is 0 Å². The number of carbonyl (C=O) groups is 1. The molecule has 4 rings (SSSR count). The third kappa shape index (κ3) is 2.62. The van der Waals surface area contributed by atoms with Gasteiger partial charge in [-0.2, -0.15) is 0 Å². The van der Waals surface area contributed by atoms with Crippen LogP contribution in [-0.4, -0.2) is 28.0 Å². The molecule has 0 radical (unpaired) electrons. The summed E-state index contributed by atoms with van der Waals surface area (Å²) in [6.07, 6.45) is 10.9. The second-order valence-corrected chi connectivity index (χ2v) is 7.05. The van der Waals surface area contributed by atoms with Crippen LogP contribution in [0, 0.1) is 12.8 Å². The zero-order valence-electron chi connectivity index (χ0n) is 14.0. The van der Waals surface area contributed by atoms with Crippen molar-refractivity contribution < 1.29 is 6.22 Å². The van der Waals surface area contributed by atoms with Crippen LogP contribution in [0.5, 0.6) is 0 Å². The van der Waals surface area contributed by atoms with E-state index in [1.165, 1.54) is 0 Å². The molecule has 6 heteroatoms. The van der Waals surface area contributed by atoms with Crippen LogP contribution in [0.4, 0.5) is 10.6 Å². The molecular weight excluding hydrogens is 302 g/mol. The topological polar surface area (TPSA) is 69.3 Å². The minimum absolute atomic E-state index is 0. The summed E-state index contributed by atoms with van der Waals surface area (Å²) < 4.78 is 0. The standard InChI is InChI=1S/C18H23N5O.H2/c1-11-6-13-8-14(7-11)23(13)18(24)21-17-9-15(12(2)10-19-17)16-4-3-5-20-22-16;/h3-5,9-11,13-14,20,22H,6-8H2,1-2H3,(H,19,21,24);1H. The molecule has 2 unspecified atom stereocenters. The molecule has 0 spiro atoms. The number of hydrazine groups is 1. The van der Waals surface area contributed by atoms with Gasteiger partial charge in [0.2, 0.25) is 0 Å². The number of urea groups is 1. The number of fused-ring (bicyclic) bond motifs is 2. The number of nitrogens with zero attached hydrogens (tertiary/aromatic N) is 2. The van der Waals surface area contributed by atoms with Crippen molar-refractivity contribution >= 4 is 17.5 Å². The van der Waals surface area contributed by atoms with E-state index in [4.69, 9.17) is 0 Å². The highest BCUT2D eigenvalue weighted by Crippen LogP contribution is 2.41. The predicted octanol–water partition coefficient (Wildman–Crippen LogP) is 3.00. The summed E-state index contributed by atoms with van der Waals surface area (Å²) in [5.41, 5.74) is 9.12. The Morgan fingerprint density at radius 3 is 2.88 bits per heavy atom. The zero-order chi connectivity index (χ0) is 16.7. The molecule has 3 aliphatic heterocycles. The lowest BCUT2D eigenvalue weighted by atomic mass is 9.74.